The molecule has 1 N–H and O–H groups in total. The van der Waals surface area contributed by atoms with Gasteiger partial charge >= 0.3 is 0 Å². The van der Waals surface area contributed by atoms with Crippen LogP contribution < -0.4 is 14.8 Å². The summed E-state index contributed by atoms with van der Waals surface area (Å²) in [6.07, 6.45) is 5.78. The van der Waals surface area contributed by atoms with Crippen molar-refractivity contribution in [3.63, 3.8) is 0 Å². The third kappa shape index (κ3) is 5.24. The van der Waals surface area contributed by atoms with Crippen LogP contribution in [0.15, 0.2) is 53.7 Å². The Labute approximate surface area is 192 Å². The number of carbonyl (C=O) groups is 1. The van der Waals surface area contributed by atoms with Gasteiger partial charge in [-0.15, -0.1) is 10.2 Å². The van der Waals surface area contributed by atoms with Gasteiger partial charge in [0.15, 0.2) is 11.0 Å². The molecule has 0 radical (unpaired) electrons. The van der Waals surface area contributed by atoms with E-state index in [2.05, 4.69) is 15.5 Å². The summed E-state index contributed by atoms with van der Waals surface area (Å²) in [5.74, 6) is 2.59. The highest BCUT2D eigenvalue weighted by atomic mass is 32.2. The molecule has 0 bridgehead atoms. The van der Waals surface area contributed by atoms with Crippen LogP contribution in [0.4, 0.5) is 0 Å². The quantitative estimate of drug-likeness (QED) is 0.507. The van der Waals surface area contributed by atoms with Crippen molar-refractivity contribution in [1.82, 2.24) is 20.1 Å². The van der Waals surface area contributed by atoms with Gasteiger partial charge in [0.25, 0.3) is 0 Å². The van der Waals surface area contributed by atoms with Gasteiger partial charge in [-0.2, -0.15) is 0 Å². The van der Waals surface area contributed by atoms with Crippen LogP contribution in [0.2, 0.25) is 0 Å². The van der Waals surface area contributed by atoms with Gasteiger partial charge in [0, 0.05) is 17.3 Å². The van der Waals surface area contributed by atoms with E-state index in [4.69, 9.17) is 9.47 Å². The van der Waals surface area contributed by atoms with Crippen molar-refractivity contribution in [3.8, 4) is 28.6 Å². The van der Waals surface area contributed by atoms with Gasteiger partial charge < -0.3 is 14.8 Å². The van der Waals surface area contributed by atoms with E-state index in [0.29, 0.717) is 22.8 Å². The Bertz CT molecular complexity index is 1030. The van der Waals surface area contributed by atoms with E-state index >= 15 is 0 Å². The minimum Gasteiger partial charge on any atom is -0.497 e. The van der Waals surface area contributed by atoms with E-state index in [1.807, 2.05) is 53.1 Å². The summed E-state index contributed by atoms with van der Waals surface area (Å²) in [5, 5.41) is 12.7. The van der Waals surface area contributed by atoms with Crippen LogP contribution in [0, 0.1) is 0 Å². The minimum atomic E-state index is 0.0391. The van der Waals surface area contributed by atoms with Gasteiger partial charge in [-0.3, -0.25) is 9.36 Å². The third-order valence-electron chi connectivity index (χ3n) is 5.61. The Kier molecular flexibility index (Phi) is 7.32. The molecule has 2 aromatic carbocycles. The van der Waals surface area contributed by atoms with Crippen molar-refractivity contribution in [3.05, 3.63) is 48.5 Å². The Morgan fingerprint density at radius 1 is 0.969 bits per heavy atom. The maximum atomic E-state index is 12.5. The first-order valence-corrected chi connectivity index (χ1v) is 11.8. The zero-order chi connectivity index (χ0) is 22.3. The van der Waals surface area contributed by atoms with Crippen LogP contribution >= 0.6 is 11.8 Å². The number of thioether (sulfide) groups is 1. The lowest BCUT2D eigenvalue weighted by atomic mass is 9.95. The minimum absolute atomic E-state index is 0.0391. The smallest absolute Gasteiger partial charge is 0.230 e. The van der Waals surface area contributed by atoms with Gasteiger partial charge in [0.2, 0.25) is 5.91 Å². The summed E-state index contributed by atoms with van der Waals surface area (Å²) < 4.78 is 12.5. The predicted molar refractivity (Wildman–Crippen MR) is 126 cm³/mol. The highest BCUT2D eigenvalue weighted by molar-refractivity contribution is 7.99. The highest BCUT2D eigenvalue weighted by Gasteiger charge is 2.19. The molecule has 1 amide bonds. The Hall–Kier alpha value is -3.00. The summed E-state index contributed by atoms with van der Waals surface area (Å²) in [5.41, 5.74) is 1.81. The predicted octanol–water partition coefficient (Wildman–Crippen LogP) is 4.49. The monoisotopic (exact) mass is 452 g/mol. The average Bonchev–Trinajstić information content (AvgIpc) is 3.27. The van der Waals surface area contributed by atoms with Crippen LogP contribution in [-0.4, -0.2) is 46.7 Å². The van der Waals surface area contributed by atoms with Gasteiger partial charge in [-0.1, -0.05) is 31.0 Å². The molecule has 1 heterocycles. The van der Waals surface area contributed by atoms with Gasteiger partial charge in [-0.25, -0.2) is 0 Å². The third-order valence-corrected chi connectivity index (χ3v) is 6.54. The molecule has 3 aromatic rings. The lowest BCUT2D eigenvalue weighted by Crippen LogP contribution is -2.37. The second kappa shape index (κ2) is 10.5. The normalized spacial score (nSPS) is 14.2. The molecule has 1 saturated carbocycles. The van der Waals surface area contributed by atoms with Crippen LogP contribution in [0.1, 0.15) is 32.1 Å². The number of benzene rings is 2. The molecule has 0 atom stereocenters. The van der Waals surface area contributed by atoms with E-state index in [-0.39, 0.29) is 5.91 Å². The summed E-state index contributed by atoms with van der Waals surface area (Å²) in [7, 11) is 3.28. The van der Waals surface area contributed by atoms with Crippen molar-refractivity contribution in [1.29, 1.82) is 0 Å². The van der Waals surface area contributed by atoms with Crippen molar-refractivity contribution in [2.24, 2.45) is 0 Å². The molecular weight excluding hydrogens is 424 g/mol. The number of methoxy groups -OCH3 is 2. The second-order valence-electron chi connectivity index (χ2n) is 7.76. The number of amides is 1. The summed E-state index contributed by atoms with van der Waals surface area (Å²) >= 11 is 1.39. The van der Waals surface area contributed by atoms with E-state index in [0.717, 1.165) is 35.6 Å². The number of aromatic nitrogens is 3. The number of ether oxygens (including phenoxy) is 2. The first kappa shape index (κ1) is 22.2. The fourth-order valence-corrected chi connectivity index (χ4v) is 4.66. The van der Waals surface area contributed by atoms with E-state index < -0.39 is 0 Å². The fourth-order valence-electron chi connectivity index (χ4n) is 3.90. The zero-order valence-electron chi connectivity index (χ0n) is 18.4. The first-order valence-electron chi connectivity index (χ1n) is 10.8. The summed E-state index contributed by atoms with van der Waals surface area (Å²) in [4.78, 5) is 12.5. The van der Waals surface area contributed by atoms with E-state index in [9.17, 15) is 4.79 Å². The van der Waals surface area contributed by atoms with E-state index in [1.165, 1.54) is 31.0 Å². The zero-order valence-corrected chi connectivity index (χ0v) is 19.2. The number of nitrogens with one attached hydrogen (secondary N) is 1. The number of carbonyl (C=O) groups excluding carboxylic acids is 1. The molecule has 1 aromatic heterocycles. The van der Waals surface area contributed by atoms with Crippen LogP contribution in [0.5, 0.6) is 11.5 Å². The molecule has 7 nitrogen and oxygen atoms in total. The molecule has 4 rings (SSSR count). The molecule has 1 aliphatic rings. The molecule has 8 heteroatoms. The fraction of sp³-hybridized carbons (Fsp3) is 0.375. The lowest BCUT2D eigenvalue weighted by molar-refractivity contribution is -0.119. The maximum absolute atomic E-state index is 12.5. The van der Waals surface area contributed by atoms with Crippen molar-refractivity contribution in [2.75, 3.05) is 20.0 Å². The lowest BCUT2D eigenvalue weighted by Gasteiger charge is -2.22. The largest absolute Gasteiger partial charge is 0.497 e. The molecule has 168 valence electrons. The van der Waals surface area contributed by atoms with Gasteiger partial charge in [-0.05, 0) is 61.4 Å². The molecule has 0 saturated heterocycles. The van der Waals surface area contributed by atoms with Crippen LogP contribution in [0.3, 0.4) is 0 Å². The second-order valence-corrected chi connectivity index (χ2v) is 8.70. The Morgan fingerprint density at radius 3 is 2.22 bits per heavy atom. The SMILES string of the molecule is COc1ccc(-c2nnc(SCC(=O)NC3CCCCC3)n2-c2ccc(OC)cc2)cc1. The van der Waals surface area contributed by atoms with Gasteiger partial charge in [0.1, 0.15) is 11.5 Å². The standard InChI is InChI=1S/C24H28N4O3S/c1-30-20-12-8-17(9-13-20)23-26-27-24(28(23)19-10-14-21(31-2)15-11-19)32-16-22(29)25-18-6-4-3-5-7-18/h8-15,18H,3-7,16H2,1-2H3,(H,25,29). The van der Waals surface area contributed by atoms with Crippen molar-refractivity contribution < 1.29 is 14.3 Å². The van der Waals surface area contributed by atoms with E-state index in [1.54, 1.807) is 14.2 Å². The molecule has 0 spiro atoms. The molecule has 0 unspecified atom stereocenters. The summed E-state index contributed by atoms with van der Waals surface area (Å²) in [6.45, 7) is 0. The molecular formula is C24H28N4O3S. The molecule has 0 aliphatic heterocycles. The van der Waals surface area contributed by atoms with Crippen LogP contribution in [0.25, 0.3) is 17.1 Å². The van der Waals surface area contributed by atoms with Gasteiger partial charge in [0.05, 0.1) is 20.0 Å². The number of hydrogen-bond donors (Lipinski definition) is 1. The number of hydrogen-bond acceptors (Lipinski definition) is 6. The maximum Gasteiger partial charge on any atom is 0.230 e. The van der Waals surface area contributed by atoms with Crippen molar-refractivity contribution >= 4 is 17.7 Å². The Morgan fingerprint density at radius 2 is 1.59 bits per heavy atom. The number of rotatable bonds is 8. The van der Waals surface area contributed by atoms with Crippen molar-refractivity contribution in [2.45, 2.75) is 43.3 Å². The number of nitrogens with zero attached hydrogens (tertiary/aromatic N) is 3. The molecule has 1 fully saturated rings. The Balaban J connectivity index is 1.57. The highest BCUT2D eigenvalue weighted by Crippen LogP contribution is 2.30. The topological polar surface area (TPSA) is 78.3 Å². The summed E-state index contributed by atoms with van der Waals surface area (Å²) in [6, 6.07) is 15.7. The first-order chi connectivity index (χ1) is 15.7. The molecule has 32 heavy (non-hydrogen) atoms. The van der Waals surface area contributed by atoms with Crippen LogP contribution in [-0.2, 0) is 4.79 Å². The average molecular weight is 453 g/mol. The molecule has 1 aliphatic carbocycles.